The van der Waals surface area contributed by atoms with E-state index in [2.05, 4.69) is 20.5 Å². The van der Waals surface area contributed by atoms with Crippen LogP contribution in [0, 0.1) is 0 Å². The average Bonchev–Trinajstić information content (AvgIpc) is 2.81. The Morgan fingerprint density at radius 1 is 1.39 bits per heavy atom. The summed E-state index contributed by atoms with van der Waals surface area (Å²) in [5.74, 6) is 0.976. The SMILES string of the molecule is CC(NCCc1ncn[nH]1)c1ccc(O)cc1O. The number of phenols is 2. The molecule has 0 aliphatic carbocycles. The van der Waals surface area contributed by atoms with Gasteiger partial charge in [-0.2, -0.15) is 5.10 Å². The van der Waals surface area contributed by atoms with Crippen molar-refractivity contribution in [3.05, 3.63) is 35.9 Å². The first-order valence-corrected chi connectivity index (χ1v) is 5.76. The normalized spacial score (nSPS) is 12.5. The Hall–Kier alpha value is -2.08. The number of benzene rings is 1. The Labute approximate surface area is 105 Å². The molecule has 1 atom stereocenters. The molecule has 1 heterocycles. The van der Waals surface area contributed by atoms with Crippen LogP contribution in [-0.2, 0) is 6.42 Å². The molecule has 0 aliphatic heterocycles. The number of aromatic hydroxyl groups is 2. The molecular weight excluding hydrogens is 232 g/mol. The van der Waals surface area contributed by atoms with E-state index < -0.39 is 0 Å². The molecule has 0 fully saturated rings. The molecule has 0 saturated carbocycles. The predicted octanol–water partition coefficient (Wildman–Crippen LogP) is 1.11. The molecule has 1 aromatic carbocycles. The van der Waals surface area contributed by atoms with Gasteiger partial charge in [0.2, 0.25) is 0 Å². The van der Waals surface area contributed by atoms with Crippen LogP contribution in [0.1, 0.15) is 24.4 Å². The van der Waals surface area contributed by atoms with Crippen LogP contribution in [0.2, 0.25) is 0 Å². The van der Waals surface area contributed by atoms with Gasteiger partial charge in [0.15, 0.2) is 0 Å². The van der Waals surface area contributed by atoms with Crippen LogP contribution >= 0.6 is 0 Å². The Balaban J connectivity index is 1.89. The zero-order chi connectivity index (χ0) is 13.0. The summed E-state index contributed by atoms with van der Waals surface area (Å²) in [4.78, 5) is 4.03. The minimum absolute atomic E-state index is 0.00600. The van der Waals surface area contributed by atoms with Crippen molar-refractivity contribution in [2.45, 2.75) is 19.4 Å². The molecular formula is C12H16N4O2. The van der Waals surface area contributed by atoms with E-state index in [1.54, 1.807) is 12.1 Å². The van der Waals surface area contributed by atoms with Gasteiger partial charge in [-0.3, -0.25) is 5.10 Å². The number of nitrogens with zero attached hydrogens (tertiary/aromatic N) is 2. The number of rotatable bonds is 5. The maximum absolute atomic E-state index is 9.72. The molecule has 0 saturated heterocycles. The number of nitrogens with one attached hydrogen (secondary N) is 2. The molecule has 4 N–H and O–H groups in total. The van der Waals surface area contributed by atoms with Gasteiger partial charge in [0.1, 0.15) is 23.7 Å². The highest BCUT2D eigenvalue weighted by atomic mass is 16.3. The second-order valence-electron chi connectivity index (χ2n) is 4.10. The van der Waals surface area contributed by atoms with E-state index in [0.717, 1.165) is 24.4 Å². The van der Waals surface area contributed by atoms with Gasteiger partial charge in [-0.25, -0.2) is 4.98 Å². The molecule has 0 spiro atoms. The molecule has 0 bridgehead atoms. The minimum atomic E-state index is -0.00600. The van der Waals surface area contributed by atoms with Gasteiger partial charge < -0.3 is 15.5 Å². The zero-order valence-electron chi connectivity index (χ0n) is 10.1. The van der Waals surface area contributed by atoms with Crippen molar-refractivity contribution < 1.29 is 10.2 Å². The second-order valence-corrected chi connectivity index (χ2v) is 4.10. The van der Waals surface area contributed by atoms with Crippen LogP contribution < -0.4 is 5.32 Å². The largest absolute Gasteiger partial charge is 0.508 e. The summed E-state index contributed by atoms with van der Waals surface area (Å²) in [7, 11) is 0. The zero-order valence-corrected chi connectivity index (χ0v) is 10.1. The lowest BCUT2D eigenvalue weighted by Gasteiger charge is -2.15. The van der Waals surface area contributed by atoms with E-state index in [1.165, 1.54) is 12.4 Å². The smallest absolute Gasteiger partial charge is 0.137 e. The maximum Gasteiger partial charge on any atom is 0.137 e. The third-order valence-corrected chi connectivity index (χ3v) is 2.76. The van der Waals surface area contributed by atoms with Crippen LogP contribution in [0.4, 0.5) is 0 Å². The minimum Gasteiger partial charge on any atom is -0.508 e. The Bertz CT molecular complexity index is 499. The Kier molecular flexibility index (Phi) is 3.78. The number of H-pyrrole nitrogens is 1. The van der Waals surface area contributed by atoms with Crippen molar-refractivity contribution in [3.63, 3.8) is 0 Å². The van der Waals surface area contributed by atoms with Gasteiger partial charge in [0.05, 0.1) is 0 Å². The fourth-order valence-electron chi connectivity index (χ4n) is 1.77. The molecule has 2 rings (SSSR count). The molecule has 0 amide bonds. The van der Waals surface area contributed by atoms with Gasteiger partial charge in [-0.05, 0) is 13.0 Å². The number of aromatic nitrogens is 3. The molecule has 6 nitrogen and oxygen atoms in total. The summed E-state index contributed by atoms with van der Waals surface area (Å²) < 4.78 is 0. The monoisotopic (exact) mass is 248 g/mol. The van der Waals surface area contributed by atoms with Crippen molar-refractivity contribution in [1.29, 1.82) is 0 Å². The molecule has 2 aromatic rings. The summed E-state index contributed by atoms with van der Waals surface area (Å²) in [5, 5.41) is 28.8. The Morgan fingerprint density at radius 3 is 2.89 bits per heavy atom. The van der Waals surface area contributed by atoms with Gasteiger partial charge >= 0.3 is 0 Å². The first kappa shape index (κ1) is 12.4. The lowest BCUT2D eigenvalue weighted by atomic mass is 10.1. The standard InChI is InChI=1S/C12H16N4O2/c1-8(10-3-2-9(17)6-11(10)18)13-5-4-12-14-7-15-16-12/h2-3,6-8,13,17-18H,4-5H2,1H3,(H,14,15,16). The van der Waals surface area contributed by atoms with E-state index in [9.17, 15) is 10.2 Å². The summed E-state index contributed by atoms with van der Waals surface area (Å²) in [5.41, 5.74) is 0.755. The predicted molar refractivity (Wildman–Crippen MR) is 66.3 cm³/mol. The highest BCUT2D eigenvalue weighted by molar-refractivity contribution is 5.40. The second kappa shape index (κ2) is 5.50. The molecule has 6 heteroatoms. The fraction of sp³-hybridized carbons (Fsp3) is 0.333. The lowest BCUT2D eigenvalue weighted by Crippen LogP contribution is -2.21. The van der Waals surface area contributed by atoms with Gasteiger partial charge in [0, 0.05) is 30.6 Å². The first-order valence-electron chi connectivity index (χ1n) is 5.76. The topological polar surface area (TPSA) is 94.1 Å². The van der Waals surface area contributed by atoms with Crippen molar-refractivity contribution in [2.24, 2.45) is 0 Å². The Morgan fingerprint density at radius 2 is 2.22 bits per heavy atom. The lowest BCUT2D eigenvalue weighted by molar-refractivity contribution is 0.436. The van der Waals surface area contributed by atoms with Crippen molar-refractivity contribution in [3.8, 4) is 11.5 Å². The van der Waals surface area contributed by atoms with E-state index in [1.807, 2.05) is 6.92 Å². The maximum atomic E-state index is 9.72. The third kappa shape index (κ3) is 2.98. The van der Waals surface area contributed by atoms with Crippen molar-refractivity contribution in [2.75, 3.05) is 6.54 Å². The molecule has 96 valence electrons. The van der Waals surface area contributed by atoms with Crippen molar-refractivity contribution >= 4 is 0 Å². The molecule has 1 aromatic heterocycles. The van der Waals surface area contributed by atoms with E-state index in [-0.39, 0.29) is 17.5 Å². The average molecular weight is 248 g/mol. The van der Waals surface area contributed by atoms with Crippen LogP contribution in [0.3, 0.4) is 0 Å². The summed E-state index contributed by atoms with van der Waals surface area (Å²) in [6.45, 7) is 2.67. The number of phenolic OH excluding ortho intramolecular Hbond substituents is 2. The number of hydrogen-bond acceptors (Lipinski definition) is 5. The van der Waals surface area contributed by atoms with Gasteiger partial charge in [-0.1, -0.05) is 6.07 Å². The molecule has 0 aliphatic rings. The van der Waals surface area contributed by atoms with E-state index in [0.29, 0.717) is 0 Å². The molecule has 0 radical (unpaired) electrons. The summed E-state index contributed by atoms with van der Waals surface area (Å²) in [6.07, 6.45) is 2.22. The fourth-order valence-corrected chi connectivity index (χ4v) is 1.77. The van der Waals surface area contributed by atoms with Crippen molar-refractivity contribution in [1.82, 2.24) is 20.5 Å². The van der Waals surface area contributed by atoms with E-state index >= 15 is 0 Å². The third-order valence-electron chi connectivity index (χ3n) is 2.76. The summed E-state index contributed by atoms with van der Waals surface area (Å²) in [6, 6.07) is 4.60. The van der Waals surface area contributed by atoms with E-state index in [4.69, 9.17) is 0 Å². The van der Waals surface area contributed by atoms with Crippen LogP contribution in [0.25, 0.3) is 0 Å². The highest BCUT2D eigenvalue weighted by Crippen LogP contribution is 2.27. The first-order chi connectivity index (χ1) is 8.66. The van der Waals surface area contributed by atoms with Gasteiger partial charge in [-0.15, -0.1) is 0 Å². The van der Waals surface area contributed by atoms with Crippen LogP contribution in [0.5, 0.6) is 11.5 Å². The highest BCUT2D eigenvalue weighted by Gasteiger charge is 2.10. The number of aromatic amines is 1. The van der Waals surface area contributed by atoms with Crippen LogP contribution in [0.15, 0.2) is 24.5 Å². The quantitative estimate of drug-likeness (QED) is 0.636. The van der Waals surface area contributed by atoms with Crippen LogP contribution in [-0.4, -0.2) is 31.9 Å². The number of hydrogen-bond donors (Lipinski definition) is 4. The van der Waals surface area contributed by atoms with Gasteiger partial charge in [0.25, 0.3) is 0 Å². The molecule has 1 unspecified atom stereocenters. The summed E-state index contributed by atoms with van der Waals surface area (Å²) >= 11 is 0. The molecule has 18 heavy (non-hydrogen) atoms.